The molecule has 230 valence electrons. The molecule has 6 rings (SSSR count). The third-order valence-electron chi connectivity index (χ3n) is 9.31. The van der Waals surface area contributed by atoms with Gasteiger partial charge >= 0.3 is 0 Å². The number of piperazine rings is 2. The summed E-state index contributed by atoms with van der Waals surface area (Å²) in [6, 6.07) is 4.28. The topological polar surface area (TPSA) is 72.5 Å². The smallest absolute Gasteiger partial charge is 0.261 e. The van der Waals surface area contributed by atoms with E-state index in [1.54, 1.807) is 15.9 Å². The van der Waals surface area contributed by atoms with E-state index in [0.29, 0.717) is 32.0 Å². The normalized spacial score (nSPS) is 24.3. The van der Waals surface area contributed by atoms with E-state index in [9.17, 15) is 9.59 Å². The molecule has 4 aliphatic rings. The van der Waals surface area contributed by atoms with Gasteiger partial charge in [0.1, 0.15) is 28.8 Å². The van der Waals surface area contributed by atoms with E-state index in [-0.39, 0.29) is 62.6 Å². The first-order valence-corrected chi connectivity index (χ1v) is 15.5. The number of aromatic nitrogens is 1. The van der Waals surface area contributed by atoms with Gasteiger partial charge < -0.3 is 24.3 Å². The first-order valence-electron chi connectivity index (χ1n) is 14.7. The van der Waals surface area contributed by atoms with E-state index in [2.05, 4.69) is 42.2 Å². The molecule has 9 nitrogen and oxygen atoms in total. The van der Waals surface area contributed by atoms with Crippen molar-refractivity contribution in [3.8, 4) is 17.0 Å². The molecule has 5 heterocycles. The van der Waals surface area contributed by atoms with E-state index in [1.807, 2.05) is 0 Å². The molecule has 12 heteroatoms. The molecule has 3 fully saturated rings. The predicted octanol–water partition coefficient (Wildman–Crippen LogP) is 4.03. The van der Waals surface area contributed by atoms with Crippen molar-refractivity contribution in [2.75, 3.05) is 70.9 Å². The third kappa shape index (κ3) is 5.36. The molecule has 1 unspecified atom stereocenters. The van der Waals surface area contributed by atoms with Crippen molar-refractivity contribution in [3.05, 3.63) is 52.3 Å². The van der Waals surface area contributed by atoms with Crippen LogP contribution in [-0.4, -0.2) is 120 Å². The third-order valence-corrected chi connectivity index (χ3v) is 9.97. The minimum atomic E-state index is -0.570. The van der Waals surface area contributed by atoms with Crippen LogP contribution in [-0.2, 0) is 4.79 Å². The number of carbonyl (C=O) groups is 2. The molecule has 0 saturated carbocycles. The summed E-state index contributed by atoms with van der Waals surface area (Å²) >= 11 is 13.5. The molecule has 2 amide bonds. The minimum absolute atomic E-state index is 0.0330. The highest BCUT2D eigenvalue weighted by Gasteiger charge is 2.47. The SMILES string of the molecule is C=CC(=O)N1CCN2C(=O)c3c(N4C[C@@H](N5CCN(C)CC5)CC4(C)C)nc(-c4c(F)cccc4Cl)c(Cl)c3OCC2C1. The molecule has 0 bridgehead atoms. The lowest BCUT2D eigenvalue weighted by Gasteiger charge is -2.40. The Kier molecular flexibility index (Phi) is 8.08. The van der Waals surface area contributed by atoms with Gasteiger partial charge in [0.2, 0.25) is 5.91 Å². The second-order valence-electron chi connectivity index (χ2n) is 12.5. The molecule has 2 atom stereocenters. The monoisotopic (exact) mass is 630 g/mol. The zero-order valence-corrected chi connectivity index (χ0v) is 26.3. The maximum absolute atomic E-state index is 15.3. The van der Waals surface area contributed by atoms with Crippen LogP contribution in [0, 0.1) is 5.82 Å². The Morgan fingerprint density at radius 3 is 2.53 bits per heavy atom. The first-order chi connectivity index (χ1) is 20.5. The summed E-state index contributed by atoms with van der Waals surface area (Å²) in [5, 5.41) is 0.192. The second-order valence-corrected chi connectivity index (χ2v) is 13.3. The number of rotatable bonds is 4. The molecular weight excluding hydrogens is 594 g/mol. The molecule has 0 spiro atoms. The Morgan fingerprint density at radius 1 is 1.09 bits per heavy atom. The lowest BCUT2D eigenvalue weighted by atomic mass is 9.98. The van der Waals surface area contributed by atoms with Crippen LogP contribution in [0.3, 0.4) is 0 Å². The number of hydrogen-bond donors (Lipinski definition) is 0. The van der Waals surface area contributed by atoms with Crippen LogP contribution in [0.1, 0.15) is 30.6 Å². The Hall–Kier alpha value is -2.92. The van der Waals surface area contributed by atoms with Crippen LogP contribution in [0.15, 0.2) is 30.9 Å². The van der Waals surface area contributed by atoms with Crippen molar-refractivity contribution in [2.24, 2.45) is 0 Å². The molecule has 0 radical (unpaired) electrons. The number of fused-ring (bicyclic) bond motifs is 2. The summed E-state index contributed by atoms with van der Waals surface area (Å²) in [5.41, 5.74) is 0.0828. The molecule has 43 heavy (non-hydrogen) atoms. The van der Waals surface area contributed by atoms with Crippen LogP contribution in [0.5, 0.6) is 5.75 Å². The van der Waals surface area contributed by atoms with Gasteiger partial charge in [-0.05, 0) is 45.5 Å². The summed E-state index contributed by atoms with van der Waals surface area (Å²) in [7, 11) is 2.14. The van der Waals surface area contributed by atoms with Gasteiger partial charge in [-0.1, -0.05) is 35.8 Å². The van der Waals surface area contributed by atoms with E-state index in [1.165, 1.54) is 18.2 Å². The molecule has 1 aromatic heterocycles. The number of benzene rings is 1. The fourth-order valence-corrected chi connectivity index (χ4v) is 7.41. The Balaban J connectivity index is 1.47. The van der Waals surface area contributed by atoms with Crippen molar-refractivity contribution >= 4 is 40.8 Å². The van der Waals surface area contributed by atoms with Gasteiger partial charge in [0, 0.05) is 63.9 Å². The van der Waals surface area contributed by atoms with E-state index < -0.39 is 11.9 Å². The van der Waals surface area contributed by atoms with Crippen LogP contribution in [0.2, 0.25) is 10.0 Å². The van der Waals surface area contributed by atoms with Gasteiger partial charge in [0.05, 0.1) is 22.3 Å². The molecule has 0 aliphatic carbocycles. The van der Waals surface area contributed by atoms with E-state index >= 15 is 4.39 Å². The molecule has 0 N–H and O–H groups in total. The van der Waals surface area contributed by atoms with Crippen molar-refractivity contribution < 1.29 is 18.7 Å². The second kappa shape index (κ2) is 11.5. The van der Waals surface area contributed by atoms with Crippen molar-refractivity contribution in [1.29, 1.82) is 0 Å². The van der Waals surface area contributed by atoms with Gasteiger partial charge in [-0.3, -0.25) is 14.5 Å². The van der Waals surface area contributed by atoms with Gasteiger partial charge in [0.15, 0.2) is 5.75 Å². The van der Waals surface area contributed by atoms with Gasteiger partial charge in [-0.15, -0.1) is 0 Å². The Labute approximate surface area is 261 Å². The zero-order valence-electron chi connectivity index (χ0n) is 24.8. The van der Waals surface area contributed by atoms with Crippen LogP contribution < -0.4 is 9.64 Å². The predicted molar refractivity (Wildman–Crippen MR) is 166 cm³/mol. The number of halogens is 3. The number of pyridine rings is 1. The van der Waals surface area contributed by atoms with Gasteiger partial charge in [-0.25, -0.2) is 9.37 Å². The fraction of sp³-hybridized carbons (Fsp3) is 0.516. The Bertz CT molecular complexity index is 1440. The average molecular weight is 632 g/mol. The summed E-state index contributed by atoms with van der Waals surface area (Å²) in [6.45, 7) is 13.6. The maximum atomic E-state index is 15.3. The van der Waals surface area contributed by atoms with Crippen molar-refractivity contribution in [3.63, 3.8) is 0 Å². The first kappa shape index (κ1) is 30.1. The number of carbonyl (C=O) groups excluding carboxylic acids is 2. The summed E-state index contributed by atoms with van der Waals surface area (Å²) in [4.78, 5) is 42.2. The minimum Gasteiger partial charge on any atom is -0.489 e. The van der Waals surface area contributed by atoms with Crippen molar-refractivity contribution in [1.82, 2.24) is 24.6 Å². The quantitative estimate of drug-likeness (QED) is 0.472. The Morgan fingerprint density at radius 2 is 1.84 bits per heavy atom. The number of anilines is 1. The standard InChI is InChI=1S/C31H37Cl2FN6O3/c1-5-23(41)38-13-14-39-20(16-38)18-43-28-25(30(39)42)29(35-27(26(28)33)24-21(32)7-6-8-22(24)34)40-17-19(15-31(40,2)3)37-11-9-36(4)10-12-37/h5-8,19-20H,1,9-18H2,2-4H3/t19-,20?/m0/s1. The highest BCUT2D eigenvalue weighted by molar-refractivity contribution is 6.37. The number of ether oxygens (including phenoxy) is 1. The number of likely N-dealkylation sites (N-methyl/N-ethyl adjacent to an activating group) is 1. The summed E-state index contributed by atoms with van der Waals surface area (Å²) in [5.74, 6) is -0.455. The molecule has 3 saturated heterocycles. The number of amides is 2. The van der Waals surface area contributed by atoms with Crippen LogP contribution >= 0.6 is 23.2 Å². The fourth-order valence-electron chi connectivity index (χ4n) is 6.87. The highest BCUT2D eigenvalue weighted by atomic mass is 35.5. The van der Waals surface area contributed by atoms with Crippen LogP contribution in [0.4, 0.5) is 10.2 Å². The zero-order chi connectivity index (χ0) is 30.6. The maximum Gasteiger partial charge on any atom is 0.261 e. The highest BCUT2D eigenvalue weighted by Crippen LogP contribution is 2.48. The molecule has 4 aliphatic heterocycles. The molecular formula is C31H37Cl2FN6O3. The van der Waals surface area contributed by atoms with Gasteiger partial charge in [0.25, 0.3) is 5.91 Å². The van der Waals surface area contributed by atoms with E-state index in [0.717, 1.165) is 32.6 Å². The number of nitrogens with zero attached hydrogens (tertiary/aromatic N) is 6. The lowest BCUT2D eigenvalue weighted by Crippen LogP contribution is -2.57. The molecule has 1 aromatic carbocycles. The lowest BCUT2D eigenvalue weighted by molar-refractivity contribution is -0.128. The average Bonchev–Trinajstić information content (AvgIpc) is 3.22. The largest absolute Gasteiger partial charge is 0.489 e. The van der Waals surface area contributed by atoms with Crippen molar-refractivity contribution in [2.45, 2.75) is 37.9 Å². The summed E-state index contributed by atoms with van der Waals surface area (Å²) in [6.07, 6.45) is 2.14. The number of hydrogen-bond acceptors (Lipinski definition) is 7. The van der Waals surface area contributed by atoms with Crippen LogP contribution in [0.25, 0.3) is 11.3 Å². The van der Waals surface area contributed by atoms with E-state index in [4.69, 9.17) is 32.9 Å². The molecule has 2 aromatic rings. The van der Waals surface area contributed by atoms with Gasteiger partial charge in [-0.2, -0.15) is 0 Å². The summed E-state index contributed by atoms with van der Waals surface area (Å²) < 4.78 is 21.7.